The number of allylic oxidation sites excluding steroid dienone is 2. The molecular formula is C20H20ClN. The van der Waals surface area contributed by atoms with Crippen LogP contribution in [0.25, 0.3) is 0 Å². The largest absolute Gasteiger partial charge is 0.378 e. The van der Waals surface area contributed by atoms with Crippen molar-refractivity contribution in [1.29, 1.82) is 0 Å². The third kappa shape index (κ3) is 2.07. The van der Waals surface area contributed by atoms with Crippen LogP contribution in [0.3, 0.4) is 0 Å². The van der Waals surface area contributed by atoms with Crippen molar-refractivity contribution >= 4 is 17.3 Å². The molecule has 0 radical (unpaired) electrons. The van der Waals surface area contributed by atoms with Gasteiger partial charge in [0.25, 0.3) is 0 Å². The molecule has 112 valence electrons. The third-order valence-corrected chi connectivity index (χ3v) is 5.40. The topological polar surface area (TPSA) is 12.0 Å². The van der Waals surface area contributed by atoms with Crippen LogP contribution in [0.15, 0.2) is 48.6 Å². The number of aryl methyl sites for hydroxylation is 2. The highest BCUT2D eigenvalue weighted by Gasteiger charge is 2.39. The van der Waals surface area contributed by atoms with Crippen LogP contribution in [0.5, 0.6) is 0 Å². The van der Waals surface area contributed by atoms with Crippen molar-refractivity contribution in [3.05, 3.63) is 75.8 Å². The fraction of sp³-hybridized carbons (Fsp3) is 0.300. The molecule has 0 spiro atoms. The van der Waals surface area contributed by atoms with Crippen LogP contribution >= 0.6 is 11.6 Å². The van der Waals surface area contributed by atoms with E-state index >= 15 is 0 Å². The van der Waals surface area contributed by atoms with Crippen LogP contribution in [0.1, 0.15) is 40.6 Å². The molecule has 0 amide bonds. The highest BCUT2D eigenvalue weighted by Crippen LogP contribution is 2.51. The lowest BCUT2D eigenvalue weighted by Crippen LogP contribution is -2.29. The molecule has 0 saturated heterocycles. The molecule has 0 unspecified atom stereocenters. The summed E-state index contributed by atoms with van der Waals surface area (Å²) in [5, 5.41) is 4.64. The monoisotopic (exact) mass is 309 g/mol. The van der Waals surface area contributed by atoms with Crippen molar-refractivity contribution in [2.24, 2.45) is 5.92 Å². The summed E-state index contributed by atoms with van der Waals surface area (Å²) in [5.74, 6) is 1.05. The predicted octanol–water partition coefficient (Wildman–Crippen LogP) is 5.78. The van der Waals surface area contributed by atoms with Gasteiger partial charge in [0.05, 0.1) is 6.04 Å². The summed E-state index contributed by atoms with van der Waals surface area (Å²) in [4.78, 5) is 0. The predicted molar refractivity (Wildman–Crippen MR) is 93.7 cm³/mol. The van der Waals surface area contributed by atoms with Crippen molar-refractivity contribution < 1.29 is 0 Å². The van der Waals surface area contributed by atoms with Gasteiger partial charge in [0.15, 0.2) is 0 Å². The zero-order valence-corrected chi connectivity index (χ0v) is 13.7. The first-order chi connectivity index (χ1) is 10.6. The molecule has 0 saturated carbocycles. The smallest absolute Gasteiger partial charge is 0.0568 e. The maximum absolute atomic E-state index is 6.48. The Balaban J connectivity index is 1.86. The maximum Gasteiger partial charge on any atom is 0.0568 e. The molecule has 0 fully saturated rings. The minimum Gasteiger partial charge on any atom is -0.378 e. The minimum atomic E-state index is 0.280. The van der Waals surface area contributed by atoms with Crippen molar-refractivity contribution in [2.75, 3.05) is 5.32 Å². The molecule has 1 aliphatic carbocycles. The second-order valence-electron chi connectivity index (χ2n) is 6.54. The summed E-state index contributed by atoms with van der Waals surface area (Å²) in [6.45, 7) is 4.39. The van der Waals surface area contributed by atoms with Crippen LogP contribution in [0.2, 0.25) is 5.02 Å². The summed E-state index contributed by atoms with van der Waals surface area (Å²) in [5.41, 5.74) is 6.65. The second kappa shape index (κ2) is 5.17. The third-order valence-electron chi connectivity index (χ3n) is 5.06. The number of halogens is 1. The molecule has 2 aromatic rings. The molecule has 2 aliphatic rings. The first-order valence-corrected chi connectivity index (χ1v) is 8.31. The van der Waals surface area contributed by atoms with Crippen molar-refractivity contribution in [1.82, 2.24) is 0 Å². The SMILES string of the molecule is Cc1cc(C)c2c(c1)N[C@@H](c1ccccc1Cl)[C@@H]1CC=C[C@@H]21. The second-order valence-corrected chi connectivity index (χ2v) is 6.95. The highest BCUT2D eigenvalue weighted by atomic mass is 35.5. The Labute approximate surface area is 137 Å². The number of rotatable bonds is 1. The van der Waals surface area contributed by atoms with Gasteiger partial charge in [-0.05, 0) is 60.6 Å². The first kappa shape index (κ1) is 13.9. The summed E-state index contributed by atoms with van der Waals surface area (Å²) < 4.78 is 0. The molecule has 2 heteroatoms. The molecule has 1 N–H and O–H groups in total. The molecule has 4 rings (SSSR count). The number of nitrogens with one attached hydrogen (secondary N) is 1. The maximum atomic E-state index is 6.48. The number of fused-ring (bicyclic) bond motifs is 3. The Morgan fingerprint density at radius 2 is 1.95 bits per heavy atom. The zero-order chi connectivity index (χ0) is 15.3. The van der Waals surface area contributed by atoms with Gasteiger partial charge in [-0.2, -0.15) is 0 Å². The molecule has 1 aliphatic heterocycles. The Kier molecular flexibility index (Phi) is 3.27. The van der Waals surface area contributed by atoms with E-state index in [4.69, 9.17) is 11.6 Å². The Bertz CT molecular complexity index is 762. The summed E-state index contributed by atoms with van der Waals surface area (Å²) >= 11 is 6.48. The van der Waals surface area contributed by atoms with Gasteiger partial charge in [-0.1, -0.05) is 48.0 Å². The van der Waals surface area contributed by atoms with Gasteiger partial charge in [-0.15, -0.1) is 0 Å². The van der Waals surface area contributed by atoms with E-state index in [1.807, 2.05) is 12.1 Å². The fourth-order valence-corrected chi connectivity index (χ4v) is 4.43. The molecular weight excluding hydrogens is 290 g/mol. The molecule has 22 heavy (non-hydrogen) atoms. The van der Waals surface area contributed by atoms with Gasteiger partial charge in [0, 0.05) is 16.6 Å². The molecule has 3 atom stereocenters. The quantitative estimate of drug-likeness (QED) is 0.658. The van der Waals surface area contributed by atoms with Gasteiger partial charge in [-0.3, -0.25) is 0 Å². The standard InChI is InChI=1S/C20H20ClN/c1-12-10-13(2)19-14-7-5-8-15(14)20(22-18(19)11-12)16-6-3-4-9-17(16)21/h3-7,9-11,14-15,20,22H,8H2,1-2H3/t14-,15-,20-/m1/s1. The molecule has 1 nitrogen and oxygen atoms in total. The van der Waals surface area contributed by atoms with Gasteiger partial charge in [0.2, 0.25) is 0 Å². The average Bonchev–Trinajstić information content (AvgIpc) is 2.95. The minimum absolute atomic E-state index is 0.280. The first-order valence-electron chi connectivity index (χ1n) is 7.94. The van der Waals surface area contributed by atoms with Crippen molar-refractivity contribution in [3.63, 3.8) is 0 Å². The van der Waals surface area contributed by atoms with Gasteiger partial charge in [-0.25, -0.2) is 0 Å². The molecule has 2 aromatic carbocycles. The zero-order valence-electron chi connectivity index (χ0n) is 12.9. The van der Waals surface area contributed by atoms with Crippen molar-refractivity contribution in [2.45, 2.75) is 32.2 Å². The van der Waals surface area contributed by atoms with E-state index in [-0.39, 0.29) is 6.04 Å². The molecule has 0 aromatic heterocycles. The van der Waals surface area contributed by atoms with Crippen LogP contribution in [-0.4, -0.2) is 0 Å². The molecule has 1 heterocycles. The highest BCUT2D eigenvalue weighted by molar-refractivity contribution is 6.31. The van der Waals surface area contributed by atoms with E-state index < -0.39 is 0 Å². The van der Waals surface area contributed by atoms with E-state index in [0.717, 1.165) is 11.4 Å². The van der Waals surface area contributed by atoms with Crippen molar-refractivity contribution in [3.8, 4) is 0 Å². The van der Waals surface area contributed by atoms with Gasteiger partial charge in [0.1, 0.15) is 0 Å². The summed E-state index contributed by atoms with van der Waals surface area (Å²) in [7, 11) is 0. The number of benzene rings is 2. The van der Waals surface area contributed by atoms with Crippen LogP contribution in [0, 0.1) is 19.8 Å². The number of hydrogen-bond acceptors (Lipinski definition) is 1. The lowest BCUT2D eigenvalue weighted by molar-refractivity contribution is 0.424. The number of hydrogen-bond donors (Lipinski definition) is 1. The normalized spacial score (nSPS) is 25.5. The summed E-state index contributed by atoms with van der Waals surface area (Å²) in [6.07, 6.45) is 5.83. The van der Waals surface area contributed by atoms with E-state index in [1.54, 1.807) is 0 Å². The van der Waals surface area contributed by atoms with Crippen LogP contribution < -0.4 is 5.32 Å². The lowest BCUT2D eigenvalue weighted by Gasteiger charge is -2.39. The Morgan fingerprint density at radius 1 is 1.14 bits per heavy atom. The Hall–Kier alpha value is -1.73. The van der Waals surface area contributed by atoms with Gasteiger partial charge < -0.3 is 5.32 Å². The Morgan fingerprint density at radius 3 is 2.77 bits per heavy atom. The van der Waals surface area contributed by atoms with E-state index in [1.165, 1.54) is 27.9 Å². The average molecular weight is 310 g/mol. The molecule has 0 bridgehead atoms. The van der Waals surface area contributed by atoms with E-state index in [9.17, 15) is 0 Å². The van der Waals surface area contributed by atoms with E-state index in [2.05, 4.69) is 55.6 Å². The fourth-order valence-electron chi connectivity index (χ4n) is 4.18. The van der Waals surface area contributed by atoms with Crippen LogP contribution in [0.4, 0.5) is 5.69 Å². The van der Waals surface area contributed by atoms with Crippen LogP contribution in [-0.2, 0) is 0 Å². The lowest BCUT2D eigenvalue weighted by atomic mass is 9.75. The van der Waals surface area contributed by atoms with E-state index in [0.29, 0.717) is 11.8 Å². The summed E-state index contributed by atoms with van der Waals surface area (Å²) in [6, 6.07) is 13.1. The van der Waals surface area contributed by atoms with Gasteiger partial charge >= 0.3 is 0 Å². The number of anilines is 1.